The molecule has 33 heavy (non-hydrogen) atoms. The van der Waals surface area contributed by atoms with Gasteiger partial charge >= 0.3 is 0 Å². The molecule has 0 saturated heterocycles. The molecule has 2 aromatic carbocycles. The van der Waals surface area contributed by atoms with Crippen molar-refractivity contribution in [2.75, 3.05) is 12.4 Å². The molecular formula is C26H23N3O4. The first-order valence-electron chi connectivity index (χ1n) is 10.4. The number of aromatic nitrogens is 2. The van der Waals surface area contributed by atoms with Gasteiger partial charge in [0.05, 0.1) is 13.7 Å². The Balaban J connectivity index is 1.51. The maximum Gasteiger partial charge on any atom is 0.263 e. The van der Waals surface area contributed by atoms with Crippen molar-refractivity contribution < 1.29 is 14.3 Å². The van der Waals surface area contributed by atoms with E-state index in [-0.39, 0.29) is 11.1 Å². The molecule has 0 unspecified atom stereocenters. The lowest BCUT2D eigenvalue weighted by Crippen LogP contribution is -2.29. The Labute approximate surface area is 191 Å². The van der Waals surface area contributed by atoms with Gasteiger partial charge in [-0.3, -0.25) is 14.6 Å². The number of carbonyl (C=O) groups excluding carboxylic acids is 1. The second kappa shape index (κ2) is 10.3. The molecule has 0 fully saturated rings. The quantitative estimate of drug-likeness (QED) is 0.445. The Kier molecular flexibility index (Phi) is 6.80. The van der Waals surface area contributed by atoms with Gasteiger partial charge in [-0.25, -0.2) is 0 Å². The third-order valence-corrected chi connectivity index (χ3v) is 5.03. The van der Waals surface area contributed by atoms with Crippen molar-refractivity contribution in [3.8, 4) is 11.5 Å². The van der Waals surface area contributed by atoms with Crippen molar-refractivity contribution in [1.82, 2.24) is 9.55 Å². The molecule has 166 valence electrons. The minimum atomic E-state index is -0.493. The van der Waals surface area contributed by atoms with E-state index in [1.807, 2.05) is 42.5 Å². The number of methoxy groups -OCH3 is 1. The molecule has 1 amide bonds. The molecule has 4 aromatic rings. The van der Waals surface area contributed by atoms with Crippen molar-refractivity contribution >= 4 is 11.6 Å². The van der Waals surface area contributed by atoms with Crippen LogP contribution in [0.4, 0.5) is 5.69 Å². The number of anilines is 1. The first kappa shape index (κ1) is 21.8. The molecule has 2 heterocycles. The molecule has 0 spiro atoms. The van der Waals surface area contributed by atoms with E-state index in [0.717, 1.165) is 11.1 Å². The first-order chi connectivity index (χ1) is 16.1. The Hall–Kier alpha value is -4.39. The minimum absolute atomic E-state index is 0.0588. The van der Waals surface area contributed by atoms with Crippen LogP contribution in [-0.4, -0.2) is 22.6 Å². The van der Waals surface area contributed by atoms with Crippen LogP contribution in [0.15, 0.2) is 96.2 Å². The van der Waals surface area contributed by atoms with Gasteiger partial charge in [0.25, 0.3) is 11.5 Å². The Morgan fingerprint density at radius 1 is 0.939 bits per heavy atom. The van der Waals surface area contributed by atoms with Crippen molar-refractivity contribution in [2.24, 2.45) is 0 Å². The molecular weight excluding hydrogens is 418 g/mol. The summed E-state index contributed by atoms with van der Waals surface area (Å²) in [5.41, 5.74) is 2.11. The zero-order valence-corrected chi connectivity index (χ0v) is 18.1. The lowest BCUT2D eigenvalue weighted by Gasteiger charge is -2.13. The van der Waals surface area contributed by atoms with Gasteiger partial charge < -0.3 is 19.4 Å². The summed E-state index contributed by atoms with van der Waals surface area (Å²) in [5.74, 6) is 0.515. The van der Waals surface area contributed by atoms with Gasteiger partial charge in [0, 0.05) is 30.3 Å². The van der Waals surface area contributed by atoms with Crippen LogP contribution in [0.2, 0.25) is 0 Å². The van der Waals surface area contributed by atoms with Gasteiger partial charge in [0.2, 0.25) is 0 Å². The summed E-state index contributed by atoms with van der Waals surface area (Å²) in [6.07, 6.45) is 5.05. The summed E-state index contributed by atoms with van der Waals surface area (Å²) in [6, 6.07) is 21.6. The molecule has 0 radical (unpaired) electrons. The van der Waals surface area contributed by atoms with Gasteiger partial charge in [-0.15, -0.1) is 0 Å². The third-order valence-electron chi connectivity index (χ3n) is 5.03. The van der Waals surface area contributed by atoms with Crippen LogP contribution in [0.1, 0.15) is 21.5 Å². The lowest BCUT2D eigenvalue weighted by atomic mass is 10.2. The fourth-order valence-electron chi connectivity index (χ4n) is 3.32. The molecule has 0 saturated carbocycles. The SMILES string of the molecule is COc1ccc(NC(=O)c2cccn(Cc3ccccc3)c2=O)cc1OCc1ccncc1. The average Bonchev–Trinajstić information content (AvgIpc) is 2.85. The summed E-state index contributed by atoms with van der Waals surface area (Å²) in [5, 5.41) is 2.78. The number of nitrogens with one attached hydrogen (secondary N) is 1. The standard InChI is InChI=1S/C26H23N3O4/c1-32-23-10-9-21(16-24(23)33-18-20-11-13-27-14-12-20)28-25(30)22-8-5-15-29(26(22)31)17-19-6-3-2-4-7-19/h2-16H,17-18H2,1H3,(H,28,30). The summed E-state index contributed by atoms with van der Waals surface area (Å²) >= 11 is 0. The Morgan fingerprint density at radius 2 is 1.73 bits per heavy atom. The predicted octanol–water partition coefficient (Wildman–Crippen LogP) is 4.13. The predicted molar refractivity (Wildman–Crippen MR) is 126 cm³/mol. The molecule has 7 heteroatoms. The highest BCUT2D eigenvalue weighted by Crippen LogP contribution is 2.31. The first-order valence-corrected chi connectivity index (χ1v) is 10.4. The maximum absolute atomic E-state index is 12.9. The smallest absolute Gasteiger partial charge is 0.263 e. The second-order valence-corrected chi connectivity index (χ2v) is 7.30. The van der Waals surface area contributed by atoms with Crippen molar-refractivity contribution in [2.45, 2.75) is 13.2 Å². The highest BCUT2D eigenvalue weighted by molar-refractivity contribution is 6.04. The molecule has 1 N–H and O–H groups in total. The highest BCUT2D eigenvalue weighted by atomic mass is 16.5. The molecule has 0 aliphatic carbocycles. The second-order valence-electron chi connectivity index (χ2n) is 7.30. The number of carbonyl (C=O) groups is 1. The Bertz CT molecular complexity index is 1290. The van der Waals surface area contributed by atoms with E-state index in [2.05, 4.69) is 10.3 Å². The molecule has 2 aromatic heterocycles. The van der Waals surface area contributed by atoms with Gasteiger partial charge in [0.15, 0.2) is 11.5 Å². The van der Waals surface area contributed by atoms with Crippen molar-refractivity contribution in [3.05, 3.63) is 118 Å². The fraction of sp³-hybridized carbons (Fsp3) is 0.115. The highest BCUT2D eigenvalue weighted by Gasteiger charge is 2.14. The van der Waals surface area contributed by atoms with Crippen LogP contribution in [0.25, 0.3) is 0 Å². The van der Waals surface area contributed by atoms with Crippen LogP contribution in [-0.2, 0) is 13.2 Å². The van der Waals surface area contributed by atoms with Crippen molar-refractivity contribution in [1.29, 1.82) is 0 Å². The average molecular weight is 441 g/mol. The molecule has 0 bridgehead atoms. The monoisotopic (exact) mass is 441 g/mol. The Morgan fingerprint density at radius 3 is 2.48 bits per heavy atom. The molecule has 0 atom stereocenters. The van der Waals surface area contributed by atoms with E-state index in [1.54, 1.807) is 50.0 Å². The van der Waals surface area contributed by atoms with E-state index >= 15 is 0 Å². The molecule has 0 aliphatic heterocycles. The molecule has 4 rings (SSSR count). The zero-order chi connectivity index (χ0) is 23.0. The summed E-state index contributed by atoms with van der Waals surface area (Å²) in [7, 11) is 1.55. The number of amides is 1. The summed E-state index contributed by atoms with van der Waals surface area (Å²) in [4.78, 5) is 29.8. The number of pyridine rings is 2. The fourth-order valence-corrected chi connectivity index (χ4v) is 3.32. The van der Waals surface area contributed by atoms with Gasteiger partial charge in [-0.05, 0) is 47.5 Å². The number of rotatable bonds is 8. The van der Waals surface area contributed by atoms with E-state index in [9.17, 15) is 9.59 Å². The lowest BCUT2D eigenvalue weighted by molar-refractivity contribution is 0.102. The third kappa shape index (κ3) is 5.46. The van der Waals surface area contributed by atoms with Gasteiger partial charge in [-0.1, -0.05) is 30.3 Å². The summed E-state index contributed by atoms with van der Waals surface area (Å²) in [6.45, 7) is 0.704. The van der Waals surface area contributed by atoms with Crippen LogP contribution in [0, 0.1) is 0 Å². The van der Waals surface area contributed by atoms with Crippen LogP contribution in [0.5, 0.6) is 11.5 Å². The maximum atomic E-state index is 12.9. The van der Waals surface area contributed by atoms with Crippen LogP contribution in [0.3, 0.4) is 0 Å². The molecule has 7 nitrogen and oxygen atoms in total. The van der Waals surface area contributed by atoms with Crippen LogP contribution >= 0.6 is 0 Å². The van der Waals surface area contributed by atoms with Gasteiger partial charge in [0.1, 0.15) is 12.2 Å². The topological polar surface area (TPSA) is 82.5 Å². The van der Waals surface area contributed by atoms with Crippen molar-refractivity contribution in [3.63, 3.8) is 0 Å². The van der Waals surface area contributed by atoms with Gasteiger partial charge in [-0.2, -0.15) is 0 Å². The van der Waals surface area contributed by atoms with E-state index < -0.39 is 5.91 Å². The largest absolute Gasteiger partial charge is 0.493 e. The summed E-state index contributed by atoms with van der Waals surface area (Å²) < 4.78 is 12.8. The van der Waals surface area contributed by atoms with E-state index in [4.69, 9.17) is 9.47 Å². The number of ether oxygens (including phenoxy) is 2. The zero-order valence-electron chi connectivity index (χ0n) is 18.1. The number of hydrogen-bond donors (Lipinski definition) is 1. The van der Waals surface area contributed by atoms with Crippen LogP contribution < -0.4 is 20.3 Å². The minimum Gasteiger partial charge on any atom is -0.493 e. The number of hydrogen-bond acceptors (Lipinski definition) is 5. The van der Waals surface area contributed by atoms with E-state index in [0.29, 0.717) is 30.3 Å². The van der Waals surface area contributed by atoms with E-state index in [1.165, 1.54) is 10.6 Å². The number of nitrogens with zero attached hydrogens (tertiary/aromatic N) is 2. The number of benzene rings is 2. The molecule has 0 aliphatic rings. The normalized spacial score (nSPS) is 10.5.